The van der Waals surface area contributed by atoms with E-state index in [1.54, 1.807) is 0 Å². The number of nitriles is 1. The topological polar surface area (TPSA) is 90.7 Å². The van der Waals surface area contributed by atoms with Gasteiger partial charge in [0, 0.05) is 52.1 Å². The van der Waals surface area contributed by atoms with Gasteiger partial charge < -0.3 is 4.74 Å². The van der Waals surface area contributed by atoms with Gasteiger partial charge in [-0.2, -0.15) is 10.4 Å². The van der Waals surface area contributed by atoms with Crippen LogP contribution in [0.2, 0.25) is 0 Å². The maximum atomic E-state index is 9.55. The van der Waals surface area contributed by atoms with Crippen LogP contribution in [0.25, 0.3) is 44.7 Å². The predicted octanol–water partition coefficient (Wildman–Crippen LogP) is 6.25. The second kappa shape index (κ2) is 10.2. The van der Waals surface area contributed by atoms with Crippen LogP contribution in [0.3, 0.4) is 0 Å². The van der Waals surface area contributed by atoms with Gasteiger partial charge in [0.1, 0.15) is 11.8 Å². The largest absolute Gasteiger partial charge is 0.378 e. The zero-order chi connectivity index (χ0) is 28.2. The summed E-state index contributed by atoms with van der Waals surface area (Å²) >= 11 is 0. The number of aromatic amines is 1. The molecule has 0 amide bonds. The zero-order valence-electron chi connectivity index (χ0n) is 23.7. The molecule has 2 saturated heterocycles. The standard InChI is InChI=1S/C35H32N6O/c1-21-2-3-27(17-36)33(38-21)23-5-7-24(8-6-23)34-32-15-28(18-37-35(32)40-39-34)26-9-4-22-10-12-29(13-11-25(22)14-26)41-30-16-31(41)20-42-19-30/h2-9,14-15,18,29-31H,10-13,16,19-20H2,1H3,(H,37,39,40)/t29-,30?,31?/m0/s1. The van der Waals surface area contributed by atoms with E-state index < -0.39 is 0 Å². The fourth-order valence-corrected chi connectivity index (χ4v) is 7.27. The number of benzene rings is 2. The van der Waals surface area contributed by atoms with Crippen molar-refractivity contribution in [3.63, 3.8) is 0 Å². The summed E-state index contributed by atoms with van der Waals surface area (Å²) in [6, 6.07) is 25.2. The predicted molar refractivity (Wildman–Crippen MR) is 163 cm³/mol. The van der Waals surface area contributed by atoms with Crippen LogP contribution < -0.4 is 0 Å². The number of nitrogens with zero attached hydrogens (tertiary/aromatic N) is 5. The maximum absolute atomic E-state index is 9.55. The molecule has 7 heteroatoms. The van der Waals surface area contributed by atoms with E-state index in [9.17, 15) is 5.26 Å². The minimum atomic E-state index is 0.571. The van der Waals surface area contributed by atoms with E-state index in [4.69, 9.17) is 9.72 Å². The number of hydrogen-bond donors (Lipinski definition) is 1. The lowest BCUT2D eigenvalue weighted by molar-refractivity contribution is -0.148. The van der Waals surface area contributed by atoms with Crippen molar-refractivity contribution in [3.05, 3.63) is 89.2 Å². The molecule has 2 aromatic carbocycles. The van der Waals surface area contributed by atoms with E-state index in [1.165, 1.54) is 36.0 Å². The summed E-state index contributed by atoms with van der Waals surface area (Å²) in [6.45, 7) is 3.76. The summed E-state index contributed by atoms with van der Waals surface area (Å²) in [5.74, 6) is 0. The summed E-state index contributed by atoms with van der Waals surface area (Å²) in [4.78, 5) is 12.1. The molecular formula is C35H32N6O. The molecule has 2 aliphatic heterocycles. The lowest BCUT2D eigenvalue weighted by atomic mass is 9.87. The Morgan fingerprint density at radius 1 is 0.833 bits per heavy atom. The fourth-order valence-electron chi connectivity index (χ4n) is 7.27. The van der Waals surface area contributed by atoms with Crippen LogP contribution in [0.15, 0.2) is 66.9 Å². The first-order valence-corrected chi connectivity index (χ1v) is 14.9. The number of H-pyrrole nitrogens is 1. The number of fused-ring (bicyclic) bond motifs is 4. The minimum absolute atomic E-state index is 0.571. The second-order valence-corrected chi connectivity index (χ2v) is 12.0. The van der Waals surface area contributed by atoms with Crippen LogP contribution >= 0.6 is 0 Å². The fraction of sp³-hybridized carbons (Fsp3) is 0.314. The smallest absolute Gasteiger partial charge is 0.155 e. The molecule has 1 N–H and O–H groups in total. The molecule has 3 atom stereocenters. The third-order valence-electron chi connectivity index (χ3n) is 9.47. The molecule has 5 heterocycles. The molecule has 208 valence electrons. The summed E-state index contributed by atoms with van der Waals surface area (Å²) in [6.07, 6.45) is 7.98. The summed E-state index contributed by atoms with van der Waals surface area (Å²) in [5.41, 5.74) is 11.0. The van der Waals surface area contributed by atoms with Gasteiger partial charge in [-0.1, -0.05) is 42.5 Å². The molecule has 8 rings (SSSR count). The molecule has 2 unspecified atom stereocenters. The Hall–Kier alpha value is -4.38. The van der Waals surface area contributed by atoms with Gasteiger partial charge in [0.15, 0.2) is 5.65 Å². The van der Waals surface area contributed by atoms with Crippen LogP contribution in [-0.4, -0.2) is 56.4 Å². The highest BCUT2D eigenvalue weighted by Gasteiger charge is 2.45. The molecule has 2 fully saturated rings. The first-order valence-electron chi connectivity index (χ1n) is 14.9. The van der Waals surface area contributed by atoms with Gasteiger partial charge in [0.2, 0.25) is 0 Å². The van der Waals surface area contributed by atoms with E-state index in [0.717, 1.165) is 65.2 Å². The number of rotatable bonds is 4. The van der Waals surface area contributed by atoms with Gasteiger partial charge in [0.05, 0.1) is 24.5 Å². The first-order chi connectivity index (χ1) is 20.6. The van der Waals surface area contributed by atoms with Crippen LogP contribution in [0, 0.1) is 18.3 Å². The van der Waals surface area contributed by atoms with Crippen molar-refractivity contribution in [2.75, 3.05) is 13.2 Å². The lowest BCUT2D eigenvalue weighted by Gasteiger charge is -2.56. The third-order valence-corrected chi connectivity index (χ3v) is 9.47. The summed E-state index contributed by atoms with van der Waals surface area (Å²) in [7, 11) is 0. The molecule has 0 saturated carbocycles. The highest BCUT2D eigenvalue weighted by Crippen LogP contribution is 2.38. The van der Waals surface area contributed by atoms with E-state index in [2.05, 4.69) is 50.4 Å². The SMILES string of the molecule is Cc1ccc(C#N)c(-c2ccc(-c3n[nH]c4ncc(-c5ccc6c(c5)CC[C@@H](N5C7COCC5C7)CC6)cc34)cc2)n1. The van der Waals surface area contributed by atoms with Gasteiger partial charge in [-0.25, -0.2) is 4.98 Å². The molecule has 3 aliphatic rings. The van der Waals surface area contributed by atoms with Crippen molar-refractivity contribution in [3.8, 4) is 39.7 Å². The molecule has 2 bridgehead atoms. The van der Waals surface area contributed by atoms with Crippen molar-refractivity contribution < 1.29 is 4.74 Å². The second-order valence-electron chi connectivity index (χ2n) is 12.0. The number of hydrogen-bond acceptors (Lipinski definition) is 6. The highest BCUT2D eigenvalue weighted by atomic mass is 16.5. The third kappa shape index (κ3) is 4.30. The van der Waals surface area contributed by atoms with E-state index in [1.807, 2.05) is 49.5 Å². The van der Waals surface area contributed by atoms with Crippen LogP contribution in [0.1, 0.15) is 41.6 Å². The molecule has 5 aromatic rings. The number of ether oxygens (including phenoxy) is 1. The van der Waals surface area contributed by atoms with Crippen molar-refractivity contribution in [2.24, 2.45) is 0 Å². The molecular weight excluding hydrogens is 520 g/mol. The Morgan fingerprint density at radius 3 is 2.33 bits per heavy atom. The van der Waals surface area contributed by atoms with Gasteiger partial charge in [-0.05, 0) is 73.9 Å². The van der Waals surface area contributed by atoms with Gasteiger partial charge in [-0.3, -0.25) is 15.0 Å². The van der Waals surface area contributed by atoms with E-state index in [-0.39, 0.29) is 0 Å². The normalized spacial score (nSPS) is 21.8. The molecule has 42 heavy (non-hydrogen) atoms. The number of nitrogens with one attached hydrogen (secondary N) is 1. The van der Waals surface area contributed by atoms with E-state index in [0.29, 0.717) is 29.4 Å². The average molecular weight is 553 g/mol. The number of morpholine rings is 1. The molecule has 7 nitrogen and oxygen atoms in total. The Balaban J connectivity index is 1.07. The average Bonchev–Trinajstić information content (AvgIpc) is 3.35. The number of aryl methyl sites for hydroxylation is 3. The Morgan fingerprint density at radius 2 is 1.57 bits per heavy atom. The zero-order valence-corrected chi connectivity index (χ0v) is 23.7. The number of pyridine rings is 2. The Bertz CT molecular complexity index is 1840. The van der Waals surface area contributed by atoms with Crippen molar-refractivity contribution in [2.45, 2.75) is 57.2 Å². The summed E-state index contributed by atoms with van der Waals surface area (Å²) in [5, 5.41) is 18.3. The Kier molecular flexibility index (Phi) is 6.13. The number of aromatic nitrogens is 4. The molecule has 0 radical (unpaired) electrons. The van der Waals surface area contributed by atoms with Gasteiger partial charge >= 0.3 is 0 Å². The van der Waals surface area contributed by atoms with Gasteiger partial charge in [0.25, 0.3) is 0 Å². The van der Waals surface area contributed by atoms with Crippen LogP contribution in [0.5, 0.6) is 0 Å². The minimum Gasteiger partial charge on any atom is -0.378 e. The van der Waals surface area contributed by atoms with Crippen LogP contribution in [0.4, 0.5) is 0 Å². The van der Waals surface area contributed by atoms with E-state index >= 15 is 0 Å². The maximum Gasteiger partial charge on any atom is 0.155 e. The van der Waals surface area contributed by atoms with Gasteiger partial charge in [-0.15, -0.1) is 0 Å². The lowest BCUT2D eigenvalue weighted by Crippen LogP contribution is -2.66. The van der Waals surface area contributed by atoms with Crippen molar-refractivity contribution in [1.82, 2.24) is 25.1 Å². The molecule has 1 aliphatic carbocycles. The molecule has 0 spiro atoms. The van der Waals surface area contributed by atoms with Crippen molar-refractivity contribution >= 4 is 11.0 Å². The Labute approximate surface area is 245 Å². The van der Waals surface area contributed by atoms with Crippen LogP contribution in [-0.2, 0) is 17.6 Å². The monoisotopic (exact) mass is 552 g/mol. The van der Waals surface area contributed by atoms with Crippen molar-refractivity contribution in [1.29, 1.82) is 5.26 Å². The highest BCUT2D eigenvalue weighted by molar-refractivity contribution is 5.93. The molecule has 3 aromatic heterocycles. The summed E-state index contributed by atoms with van der Waals surface area (Å²) < 4.78 is 5.74. The first kappa shape index (κ1) is 25.3. The quantitative estimate of drug-likeness (QED) is 0.265.